The van der Waals surface area contributed by atoms with Crippen LogP contribution in [-0.4, -0.2) is 18.5 Å². The summed E-state index contributed by atoms with van der Waals surface area (Å²) in [7, 11) is 0. The fraction of sp³-hybridized carbons (Fsp3) is 0.533. The molecule has 1 aromatic carbocycles. The van der Waals surface area contributed by atoms with Crippen LogP contribution in [0.15, 0.2) is 24.3 Å². The Balaban J connectivity index is 1.52. The number of benzene rings is 1. The second kappa shape index (κ2) is 5.11. The summed E-state index contributed by atoms with van der Waals surface area (Å²) in [6, 6.07) is 8.30. The van der Waals surface area contributed by atoms with E-state index in [0.717, 1.165) is 31.8 Å². The Morgan fingerprint density at radius 2 is 2.06 bits per heavy atom. The lowest BCUT2D eigenvalue weighted by Crippen LogP contribution is -2.47. The van der Waals surface area contributed by atoms with E-state index in [1.807, 2.05) is 6.07 Å². The van der Waals surface area contributed by atoms with Gasteiger partial charge in [-0.3, -0.25) is 4.79 Å². The normalized spacial score (nSPS) is 22.3. The maximum atomic E-state index is 12.0. The summed E-state index contributed by atoms with van der Waals surface area (Å²) in [5.41, 5.74) is 2.62. The van der Waals surface area contributed by atoms with Crippen LogP contribution < -0.4 is 10.6 Å². The van der Waals surface area contributed by atoms with Gasteiger partial charge in [0.1, 0.15) is 0 Å². The highest BCUT2D eigenvalue weighted by atomic mass is 16.2. The van der Waals surface area contributed by atoms with Crippen LogP contribution in [0.1, 0.15) is 30.4 Å². The van der Waals surface area contributed by atoms with Gasteiger partial charge in [-0.1, -0.05) is 37.1 Å². The molecule has 0 saturated heterocycles. The van der Waals surface area contributed by atoms with Gasteiger partial charge < -0.3 is 10.6 Å². The number of amides is 1. The highest BCUT2D eigenvalue weighted by Crippen LogP contribution is 2.31. The molecule has 1 amide bonds. The van der Waals surface area contributed by atoms with Crippen molar-refractivity contribution in [3.05, 3.63) is 35.4 Å². The Kier molecular flexibility index (Phi) is 3.33. The zero-order valence-electron chi connectivity index (χ0n) is 10.6. The Labute approximate surface area is 108 Å². The van der Waals surface area contributed by atoms with Crippen LogP contribution in [0.3, 0.4) is 0 Å². The van der Waals surface area contributed by atoms with Crippen LogP contribution >= 0.6 is 0 Å². The van der Waals surface area contributed by atoms with E-state index in [0.29, 0.717) is 0 Å². The Hall–Kier alpha value is -1.35. The van der Waals surface area contributed by atoms with Crippen molar-refractivity contribution in [2.45, 2.75) is 38.3 Å². The number of nitrogens with one attached hydrogen (secondary N) is 2. The van der Waals surface area contributed by atoms with E-state index in [-0.39, 0.29) is 11.9 Å². The first-order valence-corrected chi connectivity index (χ1v) is 6.91. The van der Waals surface area contributed by atoms with E-state index in [4.69, 9.17) is 0 Å². The fourth-order valence-electron chi connectivity index (χ4n) is 2.57. The van der Waals surface area contributed by atoms with Crippen molar-refractivity contribution in [2.24, 2.45) is 5.92 Å². The topological polar surface area (TPSA) is 41.1 Å². The second-order valence-electron chi connectivity index (χ2n) is 5.43. The molecule has 1 saturated carbocycles. The van der Waals surface area contributed by atoms with E-state index in [9.17, 15) is 4.79 Å². The number of hydrogen-bond acceptors (Lipinski definition) is 2. The molecule has 0 bridgehead atoms. The van der Waals surface area contributed by atoms with E-state index in [1.165, 1.54) is 24.0 Å². The van der Waals surface area contributed by atoms with Crippen LogP contribution in [0, 0.1) is 5.92 Å². The van der Waals surface area contributed by atoms with Crippen molar-refractivity contribution in [1.82, 2.24) is 10.6 Å². The molecule has 96 valence electrons. The molecule has 1 aliphatic carbocycles. The summed E-state index contributed by atoms with van der Waals surface area (Å²) in [4.78, 5) is 12.0. The zero-order chi connectivity index (χ0) is 12.4. The molecule has 3 heteroatoms. The SMILES string of the molecule is O=C(NCCC1CC1)C1Cc2ccccc2CN1. The molecule has 2 aliphatic rings. The number of carbonyl (C=O) groups is 1. The summed E-state index contributed by atoms with van der Waals surface area (Å²) in [5, 5.41) is 6.37. The zero-order valence-corrected chi connectivity index (χ0v) is 10.6. The lowest BCUT2D eigenvalue weighted by molar-refractivity contribution is -0.123. The summed E-state index contributed by atoms with van der Waals surface area (Å²) >= 11 is 0. The van der Waals surface area contributed by atoms with Gasteiger partial charge in [0.25, 0.3) is 0 Å². The monoisotopic (exact) mass is 244 g/mol. The molecule has 3 rings (SSSR count). The second-order valence-corrected chi connectivity index (χ2v) is 5.43. The Morgan fingerprint density at radius 1 is 1.28 bits per heavy atom. The third kappa shape index (κ3) is 2.72. The van der Waals surface area contributed by atoms with Crippen LogP contribution in [-0.2, 0) is 17.8 Å². The lowest BCUT2D eigenvalue weighted by Gasteiger charge is -2.25. The Morgan fingerprint density at radius 3 is 2.83 bits per heavy atom. The van der Waals surface area contributed by atoms with Gasteiger partial charge in [-0.25, -0.2) is 0 Å². The first-order chi connectivity index (χ1) is 8.83. The van der Waals surface area contributed by atoms with Gasteiger partial charge in [0, 0.05) is 13.1 Å². The van der Waals surface area contributed by atoms with Gasteiger partial charge in [-0.15, -0.1) is 0 Å². The van der Waals surface area contributed by atoms with E-state index < -0.39 is 0 Å². The maximum Gasteiger partial charge on any atom is 0.237 e. The van der Waals surface area contributed by atoms with Crippen molar-refractivity contribution in [3.8, 4) is 0 Å². The fourth-order valence-corrected chi connectivity index (χ4v) is 2.57. The first-order valence-electron chi connectivity index (χ1n) is 6.91. The number of hydrogen-bond donors (Lipinski definition) is 2. The van der Waals surface area contributed by atoms with E-state index in [1.54, 1.807) is 0 Å². The van der Waals surface area contributed by atoms with Crippen LogP contribution in [0.25, 0.3) is 0 Å². The van der Waals surface area contributed by atoms with Crippen molar-refractivity contribution < 1.29 is 4.79 Å². The van der Waals surface area contributed by atoms with Gasteiger partial charge >= 0.3 is 0 Å². The summed E-state index contributed by atoms with van der Waals surface area (Å²) in [6.45, 7) is 1.64. The molecule has 2 N–H and O–H groups in total. The van der Waals surface area contributed by atoms with Crippen LogP contribution in [0.2, 0.25) is 0 Å². The molecule has 1 aromatic rings. The standard InChI is InChI=1S/C15H20N2O/c18-15(16-8-7-11-5-6-11)14-9-12-3-1-2-4-13(12)10-17-14/h1-4,11,14,17H,5-10H2,(H,16,18). The molecule has 3 nitrogen and oxygen atoms in total. The van der Waals surface area contributed by atoms with Gasteiger partial charge in [-0.2, -0.15) is 0 Å². The average Bonchev–Trinajstić information content (AvgIpc) is 3.22. The summed E-state index contributed by atoms with van der Waals surface area (Å²) in [5.74, 6) is 1.04. The van der Waals surface area contributed by atoms with Crippen molar-refractivity contribution in [3.63, 3.8) is 0 Å². The quantitative estimate of drug-likeness (QED) is 0.845. The van der Waals surface area contributed by atoms with Crippen molar-refractivity contribution >= 4 is 5.91 Å². The number of fused-ring (bicyclic) bond motifs is 1. The lowest BCUT2D eigenvalue weighted by atomic mass is 9.95. The third-order valence-electron chi connectivity index (χ3n) is 3.95. The Bertz CT molecular complexity index is 440. The molecular formula is C15H20N2O. The molecule has 1 unspecified atom stereocenters. The maximum absolute atomic E-state index is 12.0. The third-order valence-corrected chi connectivity index (χ3v) is 3.95. The molecule has 0 spiro atoms. The van der Waals surface area contributed by atoms with Gasteiger partial charge in [0.2, 0.25) is 5.91 Å². The predicted octanol–water partition coefficient (Wildman–Crippen LogP) is 1.62. The summed E-state index contributed by atoms with van der Waals surface area (Å²) in [6.07, 6.45) is 4.66. The predicted molar refractivity (Wildman–Crippen MR) is 71.1 cm³/mol. The van der Waals surface area contributed by atoms with Crippen molar-refractivity contribution in [1.29, 1.82) is 0 Å². The smallest absolute Gasteiger partial charge is 0.237 e. The van der Waals surface area contributed by atoms with Gasteiger partial charge in [0.05, 0.1) is 6.04 Å². The number of rotatable bonds is 4. The van der Waals surface area contributed by atoms with Gasteiger partial charge in [0.15, 0.2) is 0 Å². The molecule has 0 aromatic heterocycles. The minimum absolute atomic E-state index is 0.0564. The van der Waals surface area contributed by atoms with E-state index >= 15 is 0 Å². The molecule has 0 radical (unpaired) electrons. The molecule has 1 fully saturated rings. The van der Waals surface area contributed by atoms with Crippen molar-refractivity contribution in [2.75, 3.05) is 6.54 Å². The molecule has 1 atom stereocenters. The summed E-state index contributed by atoms with van der Waals surface area (Å²) < 4.78 is 0. The largest absolute Gasteiger partial charge is 0.355 e. The van der Waals surface area contributed by atoms with E-state index in [2.05, 4.69) is 28.8 Å². The molecule has 1 heterocycles. The minimum atomic E-state index is -0.0564. The van der Waals surface area contributed by atoms with Crippen LogP contribution in [0.5, 0.6) is 0 Å². The average molecular weight is 244 g/mol. The number of carbonyl (C=O) groups excluding carboxylic acids is 1. The molecule has 1 aliphatic heterocycles. The highest BCUT2D eigenvalue weighted by molar-refractivity contribution is 5.82. The van der Waals surface area contributed by atoms with Gasteiger partial charge in [-0.05, 0) is 29.9 Å². The molecule has 18 heavy (non-hydrogen) atoms. The minimum Gasteiger partial charge on any atom is -0.355 e. The first kappa shape index (κ1) is 11.7. The molecular weight excluding hydrogens is 224 g/mol. The highest BCUT2D eigenvalue weighted by Gasteiger charge is 2.25. The van der Waals surface area contributed by atoms with Crippen LogP contribution in [0.4, 0.5) is 0 Å².